The highest BCUT2D eigenvalue weighted by Crippen LogP contribution is 2.24. The third-order valence-corrected chi connectivity index (χ3v) is 4.55. The van der Waals surface area contributed by atoms with Crippen LogP contribution in [0.1, 0.15) is 37.4 Å². The fraction of sp³-hybridized carbons (Fsp3) is 0.409. The summed E-state index contributed by atoms with van der Waals surface area (Å²) < 4.78 is 5.21. The summed E-state index contributed by atoms with van der Waals surface area (Å²) >= 11 is 0. The average Bonchev–Trinajstić information content (AvgIpc) is 2.64. The Morgan fingerprint density at radius 2 is 1.65 bits per heavy atom. The van der Waals surface area contributed by atoms with Gasteiger partial charge in [0.25, 0.3) is 0 Å². The number of hydrogen-bond donors (Lipinski definition) is 1. The zero-order valence-electron chi connectivity index (χ0n) is 16.5. The highest BCUT2D eigenvalue weighted by molar-refractivity contribution is 5.76. The molecule has 0 aliphatic heterocycles. The molecule has 4 nitrogen and oxygen atoms in total. The lowest BCUT2D eigenvalue weighted by Crippen LogP contribution is -2.31. The Morgan fingerprint density at radius 3 is 2.15 bits per heavy atom. The number of benzene rings is 2. The van der Waals surface area contributed by atoms with Crippen molar-refractivity contribution in [3.8, 4) is 5.75 Å². The van der Waals surface area contributed by atoms with E-state index in [0.29, 0.717) is 12.3 Å². The monoisotopic (exact) mass is 354 g/mol. The molecule has 1 amide bonds. The van der Waals surface area contributed by atoms with Crippen molar-refractivity contribution in [1.82, 2.24) is 5.32 Å². The summed E-state index contributed by atoms with van der Waals surface area (Å²) in [6, 6.07) is 16.3. The van der Waals surface area contributed by atoms with E-state index in [1.54, 1.807) is 7.11 Å². The van der Waals surface area contributed by atoms with Crippen molar-refractivity contribution in [2.45, 2.75) is 32.7 Å². The molecule has 140 valence electrons. The predicted molar refractivity (Wildman–Crippen MR) is 108 cm³/mol. The molecule has 2 aromatic carbocycles. The van der Waals surface area contributed by atoms with E-state index >= 15 is 0 Å². The SMILES string of the molecule is COc1ccc(C(NC(=O)CCc2ccc(N(C)C)cc2)C(C)C)cc1. The summed E-state index contributed by atoms with van der Waals surface area (Å²) in [5.74, 6) is 1.21. The molecule has 1 atom stereocenters. The van der Waals surface area contributed by atoms with Gasteiger partial charge in [0.15, 0.2) is 0 Å². The van der Waals surface area contributed by atoms with E-state index in [4.69, 9.17) is 4.74 Å². The van der Waals surface area contributed by atoms with Crippen LogP contribution in [0.5, 0.6) is 5.75 Å². The van der Waals surface area contributed by atoms with E-state index in [-0.39, 0.29) is 11.9 Å². The van der Waals surface area contributed by atoms with Gasteiger partial charge in [0.05, 0.1) is 13.2 Å². The van der Waals surface area contributed by atoms with Crippen molar-refractivity contribution < 1.29 is 9.53 Å². The van der Waals surface area contributed by atoms with Gasteiger partial charge in [-0.05, 0) is 47.7 Å². The number of nitrogens with one attached hydrogen (secondary N) is 1. The van der Waals surface area contributed by atoms with Crippen molar-refractivity contribution in [2.75, 3.05) is 26.1 Å². The van der Waals surface area contributed by atoms with E-state index < -0.39 is 0 Å². The van der Waals surface area contributed by atoms with Crippen LogP contribution in [-0.2, 0) is 11.2 Å². The van der Waals surface area contributed by atoms with Crippen LogP contribution < -0.4 is 15.0 Å². The molecule has 1 unspecified atom stereocenters. The first-order chi connectivity index (χ1) is 12.4. The number of methoxy groups -OCH3 is 1. The number of anilines is 1. The molecule has 2 aromatic rings. The van der Waals surface area contributed by atoms with Crippen LogP contribution in [0.2, 0.25) is 0 Å². The number of carbonyl (C=O) groups excluding carboxylic acids is 1. The van der Waals surface area contributed by atoms with Crippen LogP contribution >= 0.6 is 0 Å². The molecular formula is C22H30N2O2. The molecule has 0 aliphatic carbocycles. The molecule has 26 heavy (non-hydrogen) atoms. The third-order valence-electron chi connectivity index (χ3n) is 4.55. The van der Waals surface area contributed by atoms with Crippen molar-refractivity contribution >= 4 is 11.6 Å². The van der Waals surface area contributed by atoms with Gasteiger partial charge in [-0.2, -0.15) is 0 Å². The summed E-state index contributed by atoms with van der Waals surface area (Å²) in [6.45, 7) is 4.24. The van der Waals surface area contributed by atoms with Gasteiger partial charge in [-0.15, -0.1) is 0 Å². The Hall–Kier alpha value is -2.49. The van der Waals surface area contributed by atoms with E-state index in [1.807, 2.05) is 38.4 Å². The molecule has 4 heteroatoms. The number of carbonyl (C=O) groups is 1. The van der Waals surface area contributed by atoms with E-state index in [9.17, 15) is 4.79 Å². The number of aryl methyl sites for hydroxylation is 1. The lowest BCUT2D eigenvalue weighted by Gasteiger charge is -2.23. The van der Waals surface area contributed by atoms with Crippen LogP contribution in [0.25, 0.3) is 0 Å². The smallest absolute Gasteiger partial charge is 0.220 e. The van der Waals surface area contributed by atoms with Gasteiger partial charge < -0.3 is 15.0 Å². The lowest BCUT2D eigenvalue weighted by atomic mass is 9.95. The summed E-state index contributed by atoms with van der Waals surface area (Å²) in [5.41, 5.74) is 3.44. The van der Waals surface area contributed by atoms with E-state index in [1.165, 1.54) is 5.56 Å². The van der Waals surface area contributed by atoms with Crippen LogP contribution in [-0.4, -0.2) is 27.1 Å². The summed E-state index contributed by atoms with van der Waals surface area (Å²) in [6.07, 6.45) is 1.23. The maximum Gasteiger partial charge on any atom is 0.220 e. The average molecular weight is 354 g/mol. The highest BCUT2D eigenvalue weighted by Gasteiger charge is 2.18. The Balaban J connectivity index is 1.94. The first-order valence-electron chi connectivity index (χ1n) is 9.10. The van der Waals surface area contributed by atoms with Crippen molar-refractivity contribution in [1.29, 1.82) is 0 Å². The second-order valence-electron chi connectivity index (χ2n) is 7.12. The molecule has 0 bridgehead atoms. The summed E-state index contributed by atoms with van der Waals surface area (Å²) in [5, 5.41) is 3.18. The fourth-order valence-electron chi connectivity index (χ4n) is 2.91. The molecule has 0 aromatic heterocycles. The normalized spacial score (nSPS) is 11.9. The Morgan fingerprint density at radius 1 is 1.04 bits per heavy atom. The van der Waals surface area contributed by atoms with E-state index in [2.05, 4.69) is 48.3 Å². The van der Waals surface area contributed by atoms with Gasteiger partial charge in [-0.3, -0.25) is 4.79 Å². The minimum Gasteiger partial charge on any atom is -0.497 e. The van der Waals surface area contributed by atoms with Crippen molar-refractivity contribution in [3.05, 3.63) is 59.7 Å². The van der Waals surface area contributed by atoms with Crippen LogP contribution in [0.15, 0.2) is 48.5 Å². The van der Waals surface area contributed by atoms with Crippen LogP contribution in [0, 0.1) is 5.92 Å². The highest BCUT2D eigenvalue weighted by atomic mass is 16.5. The summed E-state index contributed by atoms with van der Waals surface area (Å²) in [4.78, 5) is 14.5. The second kappa shape index (κ2) is 9.27. The third kappa shape index (κ3) is 5.51. The molecule has 1 N–H and O–H groups in total. The minimum absolute atomic E-state index is 0.00419. The molecule has 2 rings (SSSR count). The molecule has 0 saturated heterocycles. The predicted octanol–water partition coefficient (Wildman–Crippen LogP) is 4.21. The largest absolute Gasteiger partial charge is 0.497 e. The van der Waals surface area contributed by atoms with Gasteiger partial charge in [0.1, 0.15) is 5.75 Å². The Labute approximate surface area is 157 Å². The summed E-state index contributed by atoms with van der Waals surface area (Å²) in [7, 11) is 5.70. The maximum absolute atomic E-state index is 12.5. The Kier molecular flexibility index (Phi) is 7.07. The zero-order chi connectivity index (χ0) is 19.1. The zero-order valence-corrected chi connectivity index (χ0v) is 16.5. The van der Waals surface area contributed by atoms with Crippen molar-refractivity contribution in [2.24, 2.45) is 5.92 Å². The van der Waals surface area contributed by atoms with Gasteiger partial charge in [-0.1, -0.05) is 38.1 Å². The number of amides is 1. The van der Waals surface area contributed by atoms with Gasteiger partial charge in [0, 0.05) is 26.2 Å². The molecular weight excluding hydrogens is 324 g/mol. The van der Waals surface area contributed by atoms with Crippen molar-refractivity contribution in [3.63, 3.8) is 0 Å². The minimum atomic E-state index is 0.00419. The molecule has 0 aliphatic rings. The topological polar surface area (TPSA) is 41.6 Å². The lowest BCUT2D eigenvalue weighted by molar-refractivity contribution is -0.122. The molecule has 0 radical (unpaired) electrons. The first kappa shape index (κ1) is 19.8. The Bertz CT molecular complexity index is 691. The molecule has 0 saturated carbocycles. The molecule has 0 fully saturated rings. The molecule has 0 heterocycles. The quantitative estimate of drug-likeness (QED) is 0.772. The van der Waals surface area contributed by atoms with Crippen LogP contribution in [0.3, 0.4) is 0 Å². The van der Waals surface area contributed by atoms with Gasteiger partial charge in [0.2, 0.25) is 5.91 Å². The van der Waals surface area contributed by atoms with Gasteiger partial charge >= 0.3 is 0 Å². The van der Waals surface area contributed by atoms with E-state index in [0.717, 1.165) is 23.4 Å². The molecule has 0 spiro atoms. The number of ether oxygens (including phenoxy) is 1. The fourth-order valence-corrected chi connectivity index (χ4v) is 2.91. The van der Waals surface area contributed by atoms with Crippen LogP contribution in [0.4, 0.5) is 5.69 Å². The number of nitrogens with zero attached hydrogens (tertiary/aromatic N) is 1. The number of rotatable bonds is 8. The number of hydrogen-bond acceptors (Lipinski definition) is 3. The standard InChI is InChI=1S/C22H30N2O2/c1-16(2)22(18-9-13-20(26-5)14-10-18)23-21(25)15-8-17-6-11-19(12-7-17)24(3)4/h6-7,9-14,16,22H,8,15H2,1-5H3,(H,23,25). The van der Waals surface area contributed by atoms with Gasteiger partial charge in [-0.25, -0.2) is 0 Å². The second-order valence-corrected chi connectivity index (χ2v) is 7.12. The maximum atomic E-state index is 12.5. The first-order valence-corrected chi connectivity index (χ1v) is 9.10.